The summed E-state index contributed by atoms with van der Waals surface area (Å²) in [6.45, 7) is 20.9. The molecule has 0 unspecified atom stereocenters. The van der Waals surface area contributed by atoms with Crippen molar-refractivity contribution in [3.8, 4) is 0 Å². The average Bonchev–Trinajstić information content (AvgIpc) is 3.13. The molecular formula is C32H54O5. The summed E-state index contributed by atoms with van der Waals surface area (Å²) in [7, 11) is 0. The van der Waals surface area contributed by atoms with Crippen LogP contribution in [0.2, 0.25) is 0 Å². The number of hydrogen-bond donors (Lipinski definition) is 3. The van der Waals surface area contributed by atoms with E-state index in [1.54, 1.807) is 0 Å². The van der Waals surface area contributed by atoms with Crippen LogP contribution in [0.15, 0.2) is 12.2 Å². The van der Waals surface area contributed by atoms with E-state index in [0.29, 0.717) is 12.8 Å². The van der Waals surface area contributed by atoms with Crippen molar-refractivity contribution < 1.29 is 24.9 Å². The van der Waals surface area contributed by atoms with Crippen LogP contribution < -0.4 is 0 Å². The quantitative estimate of drug-likeness (QED) is 0.295. The van der Waals surface area contributed by atoms with Gasteiger partial charge in [-0.2, -0.15) is 0 Å². The third-order valence-corrected chi connectivity index (χ3v) is 12.6. The minimum Gasteiger partial charge on any atom is -0.462 e. The normalized spacial score (nSPS) is 48.2. The first-order valence-electron chi connectivity index (χ1n) is 14.8. The van der Waals surface area contributed by atoms with E-state index in [2.05, 4.69) is 41.2 Å². The fourth-order valence-corrected chi connectivity index (χ4v) is 10.8. The third kappa shape index (κ3) is 4.34. The first kappa shape index (κ1) is 29.1. The van der Waals surface area contributed by atoms with E-state index in [-0.39, 0.29) is 57.4 Å². The molecule has 212 valence electrons. The lowest BCUT2D eigenvalue weighted by molar-refractivity contribution is -0.277. The molecule has 0 amide bonds. The highest BCUT2D eigenvalue weighted by Gasteiger charge is 2.73. The highest BCUT2D eigenvalue weighted by molar-refractivity contribution is 5.66. The molecule has 4 saturated carbocycles. The van der Waals surface area contributed by atoms with Gasteiger partial charge in [0.15, 0.2) is 0 Å². The SMILES string of the molecule is C=C(C)CCC[C@@](C)(O)[C@H]1CC[C@]2(C)[C@@H]1[C@H](O)C[C@@H]1[C@@]3(C)CC[C@H](O)C(C)(C)[C@@H]3[C@@H](OC(C)=O)C[C@]12C. The third-order valence-electron chi connectivity index (χ3n) is 12.6. The van der Waals surface area contributed by atoms with Crippen LogP contribution in [0, 0.1) is 45.3 Å². The van der Waals surface area contributed by atoms with Crippen molar-refractivity contribution in [2.45, 2.75) is 137 Å². The molecule has 0 spiro atoms. The van der Waals surface area contributed by atoms with E-state index in [1.807, 2.05) is 13.8 Å². The van der Waals surface area contributed by atoms with Crippen LogP contribution in [-0.4, -0.2) is 45.2 Å². The molecule has 5 nitrogen and oxygen atoms in total. The summed E-state index contributed by atoms with van der Waals surface area (Å²) in [6.07, 6.45) is 6.29. The summed E-state index contributed by atoms with van der Waals surface area (Å²) in [5, 5.41) is 34.7. The number of rotatable bonds is 6. The first-order valence-corrected chi connectivity index (χ1v) is 14.8. The Balaban J connectivity index is 1.74. The Kier molecular flexibility index (Phi) is 7.34. The molecule has 3 N–H and O–H groups in total. The van der Waals surface area contributed by atoms with Gasteiger partial charge in [-0.25, -0.2) is 0 Å². The van der Waals surface area contributed by atoms with Crippen LogP contribution in [0.25, 0.3) is 0 Å². The lowest BCUT2D eigenvalue weighted by atomic mass is 9.34. The van der Waals surface area contributed by atoms with Gasteiger partial charge in [0.05, 0.1) is 17.8 Å². The summed E-state index contributed by atoms with van der Waals surface area (Å²) >= 11 is 0. The molecule has 0 saturated heterocycles. The highest BCUT2D eigenvalue weighted by Crippen LogP contribution is 2.76. The van der Waals surface area contributed by atoms with Gasteiger partial charge in [0.1, 0.15) is 6.10 Å². The lowest BCUT2D eigenvalue weighted by Gasteiger charge is -2.71. The van der Waals surface area contributed by atoms with Crippen LogP contribution in [0.3, 0.4) is 0 Å². The second-order valence-electron chi connectivity index (χ2n) is 15.2. The van der Waals surface area contributed by atoms with Gasteiger partial charge >= 0.3 is 5.97 Å². The van der Waals surface area contributed by atoms with Gasteiger partial charge in [0.2, 0.25) is 0 Å². The Morgan fingerprint density at radius 3 is 2.30 bits per heavy atom. The van der Waals surface area contributed by atoms with Crippen molar-refractivity contribution in [1.82, 2.24) is 0 Å². The molecule has 4 aliphatic carbocycles. The van der Waals surface area contributed by atoms with Crippen LogP contribution in [0.5, 0.6) is 0 Å². The van der Waals surface area contributed by atoms with Crippen molar-refractivity contribution in [1.29, 1.82) is 0 Å². The smallest absolute Gasteiger partial charge is 0.302 e. The maximum absolute atomic E-state index is 12.4. The molecule has 0 aliphatic heterocycles. The fraction of sp³-hybridized carbons (Fsp3) is 0.906. The number of carbonyl (C=O) groups is 1. The van der Waals surface area contributed by atoms with Crippen molar-refractivity contribution in [3.05, 3.63) is 12.2 Å². The lowest BCUT2D eigenvalue weighted by Crippen LogP contribution is -2.70. The molecule has 4 rings (SSSR count). The van der Waals surface area contributed by atoms with Crippen LogP contribution >= 0.6 is 0 Å². The molecule has 4 aliphatic rings. The number of hydrogen-bond acceptors (Lipinski definition) is 5. The number of allylic oxidation sites excluding steroid dienone is 1. The van der Waals surface area contributed by atoms with Gasteiger partial charge in [-0.1, -0.05) is 40.2 Å². The number of aliphatic hydroxyl groups excluding tert-OH is 2. The summed E-state index contributed by atoms with van der Waals surface area (Å²) in [4.78, 5) is 12.4. The summed E-state index contributed by atoms with van der Waals surface area (Å²) < 4.78 is 6.14. The first-order chi connectivity index (χ1) is 16.9. The monoisotopic (exact) mass is 518 g/mol. The van der Waals surface area contributed by atoms with E-state index in [1.165, 1.54) is 6.92 Å². The Morgan fingerprint density at radius 1 is 1.05 bits per heavy atom. The maximum Gasteiger partial charge on any atom is 0.302 e. The molecule has 5 heteroatoms. The summed E-state index contributed by atoms with van der Waals surface area (Å²) in [5.74, 6) is 0.0756. The molecule has 11 atom stereocenters. The zero-order valence-corrected chi connectivity index (χ0v) is 24.8. The minimum atomic E-state index is -0.838. The van der Waals surface area contributed by atoms with Gasteiger partial charge in [-0.15, -0.1) is 6.58 Å². The summed E-state index contributed by atoms with van der Waals surface area (Å²) in [5.41, 5.74) is -0.569. The molecule has 0 bridgehead atoms. The van der Waals surface area contributed by atoms with Gasteiger partial charge in [-0.3, -0.25) is 4.79 Å². The molecule has 0 aromatic carbocycles. The molecule has 37 heavy (non-hydrogen) atoms. The molecule has 0 radical (unpaired) electrons. The zero-order valence-electron chi connectivity index (χ0n) is 24.8. The molecule has 0 heterocycles. The van der Waals surface area contributed by atoms with Crippen molar-refractivity contribution in [2.24, 2.45) is 45.3 Å². The van der Waals surface area contributed by atoms with E-state index in [4.69, 9.17) is 4.74 Å². The molecule has 0 aromatic rings. The largest absolute Gasteiger partial charge is 0.462 e. The van der Waals surface area contributed by atoms with Crippen LogP contribution in [0.1, 0.15) is 113 Å². The highest BCUT2D eigenvalue weighted by atomic mass is 16.5. The molecular weight excluding hydrogens is 464 g/mol. The molecule has 0 aromatic heterocycles. The minimum absolute atomic E-state index is 0.00824. The Bertz CT molecular complexity index is 909. The van der Waals surface area contributed by atoms with Gasteiger partial charge in [0, 0.05) is 12.8 Å². The standard InChI is InChI=1S/C32H54O5/c1-19(2)11-10-14-32(9,36)21-12-16-30(7)26(21)22(34)17-24-29(6)15-13-25(35)28(4,5)27(29)23(37-20(3)33)18-31(24,30)8/h21-27,34-36H,1,10-18H2,2-9H3/t21-,22+,23-,24+,25-,26-,27-,29+,30+,31+,32+/m0/s1. The number of aliphatic hydroxyl groups is 3. The number of fused-ring (bicyclic) bond motifs is 5. The molecule has 4 fully saturated rings. The fourth-order valence-electron chi connectivity index (χ4n) is 10.8. The van der Waals surface area contributed by atoms with Crippen LogP contribution in [0.4, 0.5) is 0 Å². The topological polar surface area (TPSA) is 87.0 Å². The van der Waals surface area contributed by atoms with Crippen molar-refractivity contribution >= 4 is 5.97 Å². The second-order valence-corrected chi connectivity index (χ2v) is 15.2. The van der Waals surface area contributed by atoms with Crippen molar-refractivity contribution in [2.75, 3.05) is 0 Å². The van der Waals surface area contributed by atoms with E-state index in [0.717, 1.165) is 50.5 Å². The van der Waals surface area contributed by atoms with Crippen LogP contribution in [-0.2, 0) is 9.53 Å². The van der Waals surface area contributed by atoms with Gasteiger partial charge < -0.3 is 20.1 Å². The average molecular weight is 519 g/mol. The van der Waals surface area contributed by atoms with Crippen molar-refractivity contribution in [3.63, 3.8) is 0 Å². The van der Waals surface area contributed by atoms with E-state index >= 15 is 0 Å². The van der Waals surface area contributed by atoms with E-state index in [9.17, 15) is 20.1 Å². The maximum atomic E-state index is 12.4. The number of esters is 1. The Hall–Kier alpha value is -0.910. The number of ether oxygens (including phenoxy) is 1. The zero-order chi connectivity index (χ0) is 27.8. The second kappa shape index (κ2) is 9.34. The predicted molar refractivity (Wildman–Crippen MR) is 147 cm³/mol. The Morgan fingerprint density at radius 2 is 1.70 bits per heavy atom. The number of carbonyl (C=O) groups excluding carboxylic acids is 1. The van der Waals surface area contributed by atoms with Gasteiger partial charge in [-0.05, 0) is 111 Å². The predicted octanol–water partition coefficient (Wildman–Crippen LogP) is 6.04. The Labute approximate surface area is 225 Å². The summed E-state index contributed by atoms with van der Waals surface area (Å²) in [6, 6.07) is 0. The van der Waals surface area contributed by atoms with Gasteiger partial charge in [0.25, 0.3) is 0 Å². The van der Waals surface area contributed by atoms with E-state index < -0.39 is 17.8 Å².